The molecule has 72 heavy (non-hydrogen) atoms. The third-order valence-electron chi connectivity index (χ3n) is 18.8. The standard InChI is InChI=1S/C51H82O21/c1-20(19-64-46-40(60)39(59)36(56)31(17-52)69-46)7-10-29-21(2)33-30(68-29)16-28-26-9-8-24-15-25(11-13-50(24,5)27(26)12-14-51(28,33)6)67-49-45(72-48-42(62)38(58)35(55)23(4)66-48)43(63)44(32(18-53)70-49)71-47-41(61)37(57)34(54)22(3)65-47/h8,20,22-23,25-28,30-49,52-63H,7,9-19H2,1-6H3/t20?,22-,23-,25-,26+,27-,28-,30?,31+,32+,33-,34-,35-,36+,37+,38+,39-,40+,41+,42+,43-,44+,45+,46+,47-,48-,49+,50-,51-/m0/s1. The van der Waals surface area contributed by atoms with Crippen LogP contribution in [0.15, 0.2) is 23.0 Å². The minimum atomic E-state index is -1.74. The molecule has 7 fully saturated rings. The Bertz CT molecular complexity index is 1920. The van der Waals surface area contributed by atoms with E-state index in [1.165, 1.54) is 25.0 Å². The summed E-state index contributed by atoms with van der Waals surface area (Å²) in [4.78, 5) is 0. The molecular formula is C51H82O21. The number of aliphatic hydroxyl groups excluding tert-OH is 12. The van der Waals surface area contributed by atoms with Crippen molar-refractivity contribution >= 4 is 0 Å². The van der Waals surface area contributed by atoms with E-state index in [9.17, 15) is 61.3 Å². The zero-order valence-electron chi connectivity index (χ0n) is 42.2. The third-order valence-corrected chi connectivity index (χ3v) is 18.8. The lowest BCUT2D eigenvalue weighted by Gasteiger charge is -2.58. The van der Waals surface area contributed by atoms with E-state index in [2.05, 4.69) is 26.8 Å². The summed E-state index contributed by atoms with van der Waals surface area (Å²) < 4.78 is 54.8. The summed E-state index contributed by atoms with van der Waals surface area (Å²) >= 11 is 0. The van der Waals surface area contributed by atoms with Gasteiger partial charge in [-0.2, -0.15) is 0 Å². The summed E-state index contributed by atoms with van der Waals surface area (Å²) in [5.74, 6) is 2.80. The van der Waals surface area contributed by atoms with E-state index in [0.717, 1.165) is 50.7 Å². The number of hydrogen-bond donors (Lipinski definition) is 12. The summed E-state index contributed by atoms with van der Waals surface area (Å²) in [7, 11) is 0. The molecule has 2 unspecified atom stereocenters. The summed E-state index contributed by atoms with van der Waals surface area (Å²) in [6.07, 6.45) is -18.8. The van der Waals surface area contributed by atoms with Crippen molar-refractivity contribution in [2.24, 2.45) is 40.4 Å². The normalized spacial score (nSPS) is 52.9. The lowest BCUT2D eigenvalue weighted by molar-refractivity contribution is -0.388. The van der Waals surface area contributed by atoms with Crippen molar-refractivity contribution in [2.75, 3.05) is 19.8 Å². The van der Waals surface area contributed by atoms with Crippen molar-refractivity contribution in [1.82, 2.24) is 0 Å². The van der Waals surface area contributed by atoms with Crippen LogP contribution in [0, 0.1) is 40.4 Å². The van der Waals surface area contributed by atoms with Gasteiger partial charge >= 0.3 is 0 Å². The van der Waals surface area contributed by atoms with Crippen LogP contribution < -0.4 is 0 Å². The number of ether oxygens (including phenoxy) is 9. The van der Waals surface area contributed by atoms with E-state index in [-0.39, 0.29) is 29.5 Å². The first-order chi connectivity index (χ1) is 34.1. The van der Waals surface area contributed by atoms with Gasteiger partial charge in [-0.3, -0.25) is 0 Å². The number of rotatable bonds is 14. The van der Waals surface area contributed by atoms with Gasteiger partial charge < -0.3 is 104 Å². The molecule has 4 saturated heterocycles. The Morgan fingerprint density at radius 3 is 1.89 bits per heavy atom. The number of hydrogen-bond acceptors (Lipinski definition) is 21. The number of allylic oxidation sites excluding steroid dienone is 2. The average molecular weight is 1030 g/mol. The van der Waals surface area contributed by atoms with E-state index < -0.39 is 142 Å². The molecule has 0 aromatic rings. The lowest BCUT2D eigenvalue weighted by Crippen LogP contribution is -2.66. The molecule has 5 aliphatic heterocycles. The van der Waals surface area contributed by atoms with Crippen LogP contribution in [0.25, 0.3) is 0 Å². The van der Waals surface area contributed by atoms with Crippen molar-refractivity contribution in [1.29, 1.82) is 0 Å². The summed E-state index contributed by atoms with van der Waals surface area (Å²) in [6, 6.07) is 0. The molecule has 4 aliphatic carbocycles. The molecule has 0 spiro atoms. The van der Waals surface area contributed by atoms with E-state index in [1.54, 1.807) is 0 Å². The topological polar surface area (TPSA) is 326 Å². The monoisotopic (exact) mass is 1030 g/mol. The van der Waals surface area contributed by atoms with E-state index in [4.69, 9.17) is 42.6 Å². The fourth-order valence-electron chi connectivity index (χ4n) is 14.5. The Balaban J connectivity index is 0.849. The second-order valence-electron chi connectivity index (χ2n) is 23.2. The molecule has 0 aromatic carbocycles. The lowest BCUT2D eigenvalue weighted by atomic mass is 9.47. The highest BCUT2D eigenvalue weighted by molar-refractivity contribution is 5.30. The highest BCUT2D eigenvalue weighted by Crippen LogP contribution is 2.69. The van der Waals surface area contributed by atoms with Crippen molar-refractivity contribution in [3.63, 3.8) is 0 Å². The van der Waals surface area contributed by atoms with Crippen LogP contribution in [0.4, 0.5) is 0 Å². The molecule has 5 heterocycles. The van der Waals surface area contributed by atoms with Gasteiger partial charge in [-0.25, -0.2) is 0 Å². The van der Waals surface area contributed by atoms with Crippen LogP contribution >= 0.6 is 0 Å². The maximum absolute atomic E-state index is 12.0. The van der Waals surface area contributed by atoms with Gasteiger partial charge in [0.1, 0.15) is 91.6 Å². The molecule has 412 valence electrons. The maximum Gasteiger partial charge on any atom is 0.187 e. The van der Waals surface area contributed by atoms with Crippen molar-refractivity contribution in [3.05, 3.63) is 23.0 Å². The van der Waals surface area contributed by atoms with Crippen LogP contribution in [-0.2, 0) is 42.6 Å². The van der Waals surface area contributed by atoms with Gasteiger partial charge in [0.2, 0.25) is 0 Å². The van der Waals surface area contributed by atoms with Crippen LogP contribution in [0.1, 0.15) is 99.3 Å². The zero-order chi connectivity index (χ0) is 51.9. The summed E-state index contributed by atoms with van der Waals surface area (Å²) in [6.45, 7) is 11.1. The number of fused-ring (bicyclic) bond motifs is 7. The molecule has 3 saturated carbocycles. The van der Waals surface area contributed by atoms with Crippen molar-refractivity contribution < 1.29 is 104 Å². The van der Waals surface area contributed by atoms with E-state index >= 15 is 0 Å². The second-order valence-corrected chi connectivity index (χ2v) is 23.2. The largest absolute Gasteiger partial charge is 0.494 e. The smallest absolute Gasteiger partial charge is 0.187 e. The Labute approximate surface area is 420 Å². The van der Waals surface area contributed by atoms with Gasteiger partial charge in [-0.1, -0.05) is 32.4 Å². The van der Waals surface area contributed by atoms with Gasteiger partial charge in [-0.15, -0.1) is 0 Å². The third kappa shape index (κ3) is 9.90. The molecule has 9 rings (SSSR count). The van der Waals surface area contributed by atoms with Crippen molar-refractivity contribution in [3.8, 4) is 0 Å². The molecule has 0 amide bonds. The Hall–Kier alpha value is -1.52. The first-order valence-electron chi connectivity index (χ1n) is 26.4. The zero-order valence-corrected chi connectivity index (χ0v) is 42.2. The minimum Gasteiger partial charge on any atom is -0.494 e. The highest BCUT2D eigenvalue weighted by Gasteiger charge is 2.64. The molecule has 0 bridgehead atoms. The van der Waals surface area contributed by atoms with Crippen molar-refractivity contribution in [2.45, 2.75) is 234 Å². The Morgan fingerprint density at radius 1 is 0.653 bits per heavy atom. The van der Waals surface area contributed by atoms with Gasteiger partial charge in [0, 0.05) is 12.3 Å². The molecule has 12 N–H and O–H groups in total. The minimum absolute atomic E-state index is 0.0680. The fraction of sp³-hybridized carbons (Fsp3) is 0.922. The molecule has 0 aromatic heterocycles. The molecule has 21 heteroatoms. The Kier molecular flexibility index (Phi) is 16.7. The van der Waals surface area contributed by atoms with Gasteiger partial charge in [-0.05, 0) is 112 Å². The predicted octanol–water partition coefficient (Wildman–Crippen LogP) is -1.03. The molecular weight excluding hydrogens is 949 g/mol. The van der Waals surface area contributed by atoms with Crippen LogP contribution in [-0.4, -0.2) is 216 Å². The Morgan fingerprint density at radius 2 is 1.25 bits per heavy atom. The molecule has 9 aliphatic rings. The van der Waals surface area contributed by atoms with E-state index in [1.807, 2.05) is 6.92 Å². The van der Waals surface area contributed by atoms with Gasteiger partial charge in [0.15, 0.2) is 25.2 Å². The van der Waals surface area contributed by atoms with Crippen LogP contribution in [0.5, 0.6) is 0 Å². The fourth-order valence-corrected chi connectivity index (χ4v) is 14.5. The SMILES string of the molecule is CC1=C(CCC(C)CO[C@@H]2O[C@H](CO)[C@@H](O)[C@H](O)[C@H]2O)OC2C[C@H]3[C@@H]4CC=C5C[C@@H](O[C@@H]6O[C@H](CO)[C@@H](O[C@@H]7O[C@@H](C)[C@H](O)[C@@H](O)[C@H]7O)[C@H](O)[C@H]6O[C@@H]6O[C@@H](C)[C@H](O)[C@@H](O)[C@H]6O)CC[C@]5(C)[C@H]4CC[C@]3(C)[C@@H]12. The predicted molar refractivity (Wildman–Crippen MR) is 247 cm³/mol. The van der Waals surface area contributed by atoms with Gasteiger partial charge in [0.05, 0.1) is 43.9 Å². The first-order valence-corrected chi connectivity index (χ1v) is 26.4. The maximum atomic E-state index is 12.0. The highest BCUT2D eigenvalue weighted by atomic mass is 16.8. The van der Waals surface area contributed by atoms with E-state index in [0.29, 0.717) is 36.5 Å². The van der Waals surface area contributed by atoms with Crippen LogP contribution in [0.2, 0.25) is 0 Å². The second kappa shape index (κ2) is 21.7. The van der Waals surface area contributed by atoms with Gasteiger partial charge in [0.25, 0.3) is 0 Å². The summed E-state index contributed by atoms with van der Waals surface area (Å²) in [5.41, 5.74) is 2.59. The quantitative estimate of drug-likeness (QED) is 0.0926. The molecule has 29 atom stereocenters. The first kappa shape index (κ1) is 55.2. The molecule has 21 nitrogen and oxygen atoms in total. The summed E-state index contributed by atoms with van der Waals surface area (Å²) in [5, 5.41) is 126. The number of aliphatic hydroxyl groups is 12. The average Bonchev–Trinajstić information content (AvgIpc) is 3.85. The molecule has 0 radical (unpaired) electrons. The van der Waals surface area contributed by atoms with Crippen LogP contribution in [0.3, 0.4) is 0 Å².